The lowest BCUT2D eigenvalue weighted by atomic mass is 9.75. The molecular weight excluding hydrogens is 241 g/mol. The van der Waals surface area contributed by atoms with Gasteiger partial charge >= 0.3 is 0 Å². The minimum atomic E-state index is -0.142. The molecule has 0 radical (unpaired) electrons. The Morgan fingerprint density at radius 2 is 2.05 bits per heavy atom. The van der Waals surface area contributed by atoms with Crippen molar-refractivity contribution < 1.29 is 9.13 Å². The van der Waals surface area contributed by atoms with Gasteiger partial charge in [0.15, 0.2) is 0 Å². The molecule has 106 valence electrons. The normalized spacial score (nSPS) is 18.7. The first-order valence-electron chi connectivity index (χ1n) is 7.15. The maximum absolute atomic E-state index is 13.3. The van der Waals surface area contributed by atoms with Gasteiger partial charge in [-0.2, -0.15) is 0 Å². The summed E-state index contributed by atoms with van der Waals surface area (Å²) in [5.41, 5.74) is 1.29. The molecule has 0 aliphatic carbocycles. The van der Waals surface area contributed by atoms with Crippen LogP contribution in [-0.4, -0.2) is 25.8 Å². The maximum atomic E-state index is 13.3. The van der Waals surface area contributed by atoms with E-state index in [1.807, 2.05) is 6.07 Å². The first kappa shape index (κ1) is 14.5. The van der Waals surface area contributed by atoms with Gasteiger partial charge in [0.2, 0.25) is 0 Å². The fraction of sp³-hybridized carbons (Fsp3) is 0.625. The van der Waals surface area contributed by atoms with Gasteiger partial charge < -0.3 is 10.1 Å². The molecular formula is C16H24FNO. The molecule has 1 N–H and O–H groups in total. The molecule has 1 aliphatic rings. The highest BCUT2D eigenvalue weighted by atomic mass is 19.1. The number of ether oxygens (including phenoxy) is 1. The molecule has 0 spiro atoms. The minimum Gasteiger partial charge on any atom is -0.381 e. The largest absolute Gasteiger partial charge is 0.381 e. The number of nitrogens with one attached hydrogen (secondary N) is 1. The molecule has 1 aliphatic heterocycles. The van der Waals surface area contributed by atoms with Gasteiger partial charge in [0.05, 0.1) is 0 Å². The van der Waals surface area contributed by atoms with Crippen molar-refractivity contribution in [1.29, 1.82) is 0 Å². The first-order valence-corrected chi connectivity index (χ1v) is 7.15. The van der Waals surface area contributed by atoms with Crippen LogP contribution in [0.4, 0.5) is 4.39 Å². The molecule has 1 aromatic rings. The van der Waals surface area contributed by atoms with Crippen molar-refractivity contribution in [2.45, 2.75) is 39.2 Å². The van der Waals surface area contributed by atoms with E-state index in [-0.39, 0.29) is 11.2 Å². The van der Waals surface area contributed by atoms with Crippen molar-refractivity contribution >= 4 is 0 Å². The van der Waals surface area contributed by atoms with Crippen LogP contribution in [0.1, 0.15) is 32.3 Å². The van der Waals surface area contributed by atoms with Crippen LogP contribution >= 0.6 is 0 Å². The number of hydrogen-bond donors (Lipinski definition) is 1. The van der Waals surface area contributed by atoms with Crippen LogP contribution in [0, 0.1) is 11.2 Å². The molecule has 0 unspecified atom stereocenters. The highest BCUT2D eigenvalue weighted by molar-refractivity contribution is 5.18. The van der Waals surface area contributed by atoms with Gasteiger partial charge in [0.1, 0.15) is 5.82 Å². The summed E-state index contributed by atoms with van der Waals surface area (Å²) < 4.78 is 18.8. The quantitative estimate of drug-likeness (QED) is 0.883. The summed E-state index contributed by atoms with van der Waals surface area (Å²) >= 11 is 0. The topological polar surface area (TPSA) is 21.3 Å². The SMILES string of the molecule is CC(C)NCC1(Cc2cccc(F)c2)CCOCC1. The van der Waals surface area contributed by atoms with Crippen molar-refractivity contribution in [2.75, 3.05) is 19.8 Å². The van der Waals surface area contributed by atoms with E-state index >= 15 is 0 Å². The number of hydrogen-bond acceptors (Lipinski definition) is 2. The summed E-state index contributed by atoms with van der Waals surface area (Å²) in [6.45, 7) is 6.93. The van der Waals surface area contributed by atoms with Crippen LogP contribution < -0.4 is 5.32 Å². The molecule has 1 saturated heterocycles. The Morgan fingerprint density at radius 3 is 2.68 bits per heavy atom. The van der Waals surface area contributed by atoms with Gasteiger partial charge in [0, 0.05) is 25.8 Å². The summed E-state index contributed by atoms with van der Waals surface area (Å²) in [6.07, 6.45) is 3.01. The maximum Gasteiger partial charge on any atom is 0.123 e. The predicted molar refractivity (Wildman–Crippen MR) is 75.7 cm³/mol. The van der Waals surface area contributed by atoms with E-state index in [1.54, 1.807) is 12.1 Å². The van der Waals surface area contributed by atoms with Crippen LogP contribution in [-0.2, 0) is 11.2 Å². The third-order valence-electron chi connectivity index (χ3n) is 3.91. The third-order valence-corrected chi connectivity index (χ3v) is 3.91. The second-order valence-electron chi connectivity index (χ2n) is 5.95. The molecule has 2 rings (SSSR count). The van der Waals surface area contributed by atoms with Crippen LogP contribution in [0.15, 0.2) is 24.3 Å². The lowest BCUT2D eigenvalue weighted by Gasteiger charge is -2.38. The summed E-state index contributed by atoms with van der Waals surface area (Å²) in [5.74, 6) is -0.142. The fourth-order valence-corrected chi connectivity index (χ4v) is 2.72. The lowest BCUT2D eigenvalue weighted by molar-refractivity contribution is 0.0140. The van der Waals surface area contributed by atoms with Crippen LogP contribution in [0.3, 0.4) is 0 Å². The zero-order valence-corrected chi connectivity index (χ0v) is 11.9. The molecule has 0 aromatic heterocycles. The molecule has 1 heterocycles. The molecule has 1 aromatic carbocycles. The standard InChI is InChI=1S/C16H24FNO/c1-13(2)18-12-16(6-8-19-9-7-16)11-14-4-3-5-15(17)10-14/h3-5,10,13,18H,6-9,11-12H2,1-2H3. The molecule has 3 heteroatoms. The van der Waals surface area contributed by atoms with E-state index in [1.165, 1.54) is 6.07 Å². The Labute approximate surface area is 115 Å². The van der Waals surface area contributed by atoms with Crippen LogP contribution in [0.25, 0.3) is 0 Å². The van der Waals surface area contributed by atoms with Crippen molar-refractivity contribution in [3.63, 3.8) is 0 Å². The second-order valence-corrected chi connectivity index (χ2v) is 5.95. The summed E-state index contributed by atoms with van der Waals surface area (Å²) in [5, 5.41) is 3.54. The highest BCUT2D eigenvalue weighted by Crippen LogP contribution is 2.34. The number of rotatable bonds is 5. The number of halogens is 1. The average Bonchev–Trinajstić information content (AvgIpc) is 2.38. The molecule has 0 bridgehead atoms. The van der Waals surface area contributed by atoms with Crippen LogP contribution in [0.5, 0.6) is 0 Å². The smallest absolute Gasteiger partial charge is 0.123 e. The zero-order valence-electron chi connectivity index (χ0n) is 11.9. The Balaban J connectivity index is 2.08. The molecule has 0 saturated carbocycles. The average molecular weight is 265 g/mol. The van der Waals surface area contributed by atoms with Crippen molar-refractivity contribution in [2.24, 2.45) is 5.41 Å². The lowest BCUT2D eigenvalue weighted by Crippen LogP contribution is -2.42. The van der Waals surface area contributed by atoms with E-state index in [9.17, 15) is 4.39 Å². The minimum absolute atomic E-state index is 0.142. The van der Waals surface area contributed by atoms with Crippen molar-refractivity contribution in [1.82, 2.24) is 5.32 Å². The Kier molecular flexibility index (Phi) is 4.94. The van der Waals surface area contributed by atoms with Gasteiger partial charge in [-0.15, -0.1) is 0 Å². The summed E-state index contributed by atoms with van der Waals surface area (Å²) in [6, 6.07) is 7.47. The molecule has 0 atom stereocenters. The van der Waals surface area contributed by atoms with E-state index in [4.69, 9.17) is 4.74 Å². The zero-order chi connectivity index (χ0) is 13.7. The second kappa shape index (κ2) is 6.49. The third kappa shape index (κ3) is 4.29. The Hall–Kier alpha value is -0.930. The van der Waals surface area contributed by atoms with E-state index in [2.05, 4.69) is 19.2 Å². The van der Waals surface area contributed by atoms with Gasteiger partial charge in [-0.05, 0) is 42.4 Å². The molecule has 2 nitrogen and oxygen atoms in total. The first-order chi connectivity index (χ1) is 9.10. The molecule has 19 heavy (non-hydrogen) atoms. The monoisotopic (exact) mass is 265 g/mol. The Bertz CT molecular complexity index is 399. The predicted octanol–water partition coefficient (Wildman–Crippen LogP) is 3.16. The van der Waals surface area contributed by atoms with E-state index < -0.39 is 0 Å². The van der Waals surface area contributed by atoms with Gasteiger partial charge in [-0.1, -0.05) is 26.0 Å². The number of benzene rings is 1. The van der Waals surface area contributed by atoms with Gasteiger partial charge in [0.25, 0.3) is 0 Å². The highest BCUT2D eigenvalue weighted by Gasteiger charge is 2.32. The van der Waals surface area contributed by atoms with Crippen molar-refractivity contribution in [3.05, 3.63) is 35.6 Å². The van der Waals surface area contributed by atoms with E-state index in [0.29, 0.717) is 6.04 Å². The summed E-state index contributed by atoms with van der Waals surface area (Å²) in [7, 11) is 0. The van der Waals surface area contributed by atoms with Gasteiger partial charge in [-0.25, -0.2) is 4.39 Å². The van der Waals surface area contributed by atoms with Gasteiger partial charge in [-0.3, -0.25) is 0 Å². The van der Waals surface area contributed by atoms with E-state index in [0.717, 1.165) is 44.6 Å². The summed E-state index contributed by atoms with van der Waals surface area (Å²) in [4.78, 5) is 0. The Morgan fingerprint density at radius 1 is 1.32 bits per heavy atom. The van der Waals surface area contributed by atoms with Crippen LogP contribution in [0.2, 0.25) is 0 Å². The molecule has 0 amide bonds. The van der Waals surface area contributed by atoms with Crippen molar-refractivity contribution in [3.8, 4) is 0 Å². The molecule has 1 fully saturated rings. The fourth-order valence-electron chi connectivity index (χ4n) is 2.72.